The van der Waals surface area contributed by atoms with Crippen molar-refractivity contribution in [3.05, 3.63) is 144 Å². The monoisotopic (exact) mass is 407 g/mol. The van der Waals surface area contributed by atoms with Crippen LogP contribution >= 0.6 is 0 Å². The molecule has 1 N–H and O–H groups in total. The van der Waals surface area contributed by atoms with E-state index < -0.39 is 11.6 Å². The predicted octanol–water partition coefficient (Wildman–Crippen LogP) is 5.48. The highest BCUT2D eigenvalue weighted by Gasteiger charge is 2.40. The summed E-state index contributed by atoms with van der Waals surface area (Å²) in [6.07, 6.45) is 0. The fraction of sp³-hybridized carbons (Fsp3) is 0.0370. The van der Waals surface area contributed by atoms with Crippen LogP contribution in [0.2, 0.25) is 0 Å². The van der Waals surface area contributed by atoms with Crippen LogP contribution in [0.25, 0.3) is 0 Å². The Morgan fingerprint density at radius 1 is 0.613 bits per heavy atom. The lowest BCUT2D eigenvalue weighted by Gasteiger charge is -2.33. The van der Waals surface area contributed by atoms with Gasteiger partial charge in [0.25, 0.3) is 0 Å². The largest absolute Gasteiger partial charge is 0.476 e. The molecule has 0 aliphatic heterocycles. The number of carbonyl (C=O) groups is 1. The van der Waals surface area contributed by atoms with Crippen LogP contribution in [0.1, 0.15) is 22.3 Å². The third-order valence-corrected chi connectivity index (χ3v) is 5.06. The summed E-state index contributed by atoms with van der Waals surface area (Å²) in [4.78, 5) is 18.3. The summed E-state index contributed by atoms with van der Waals surface area (Å²) in [5.74, 6) is -1.16. The van der Waals surface area contributed by atoms with Gasteiger partial charge in [0.15, 0.2) is 5.71 Å². The SMILES string of the molecule is O=C(O)/C(=N\OC(c1ccccc1)(c1ccccc1)c1ccccc1)c1ccccc1. The highest BCUT2D eigenvalue weighted by Crippen LogP contribution is 2.40. The van der Waals surface area contributed by atoms with Crippen LogP contribution < -0.4 is 0 Å². The Kier molecular flexibility index (Phi) is 5.90. The molecular weight excluding hydrogens is 386 g/mol. The Hall–Kier alpha value is -4.18. The Morgan fingerprint density at radius 2 is 0.968 bits per heavy atom. The second kappa shape index (κ2) is 9.09. The molecule has 0 aliphatic carbocycles. The van der Waals surface area contributed by atoms with E-state index in [-0.39, 0.29) is 5.71 Å². The quantitative estimate of drug-likeness (QED) is 0.251. The minimum Gasteiger partial charge on any atom is -0.476 e. The zero-order valence-corrected chi connectivity index (χ0v) is 16.8. The van der Waals surface area contributed by atoms with E-state index in [1.54, 1.807) is 24.3 Å². The summed E-state index contributed by atoms with van der Waals surface area (Å²) in [7, 11) is 0. The lowest BCUT2D eigenvalue weighted by atomic mass is 9.80. The van der Waals surface area contributed by atoms with Gasteiger partial charge in [-0.15, -0.1) is 0 Å². The smallest absolute Gasteiger partial charge is 0.358 e. The summed E-state index contributed by atoms with van der Waals surface area (Å²) in [6.45, 7) is 0. The van der Waals surface area contributed by atoms with Crippen molar-refractivity contribution in [2.45, 2.75) is 5.60 Å². The molecule has 4 aromatic rings. The van der Waals surface area contributed by atoms with Crippen molar-refractivity contribution in [3.8, 4) is 0 Å². The first-order valence-corrected chi connectivity index (χ1v) is 9.93. The molecule has 31 heavy (non-hydrogen) atoms. The van der Waals surface area contributed by atoms with E-state index in [9.17, 15) is 9.90 Å². The van der Waals surface area contributed by atoms with E-state index in [4.69, 9.17) is 4.84 Å². The number of carboxylic acid groups (broad SMARTS) is 1. The molecule has 0 amide bonds. The molecule has 0 saturated heterocycles. The van der Waals surface area contributed by atoms with Gasteiger partial charge in [-0.2, -0.15) is 0 Å². The predicted molar refractivity (Wildman–Crippen MR) is 121 cm³/mol. The van der Waals surface area contributed by atoms with Gasteiger partial charge in [-0.25, -0.2) is 4.79 Å². The molecule has 0 aromatic heterocycles. The van der Waals surface area contributed by atoms with Gasteiger partial charge in [-0.1, -0.05) is 126 Å². The van der Waals surface area contributed by atoms with E-state index >= 15 is 0 Å². The average Bonchev–Trinajstić information content (AvgIpc) is 2.84. The highest BCUT2D eigenvalue weighted by atomic mass is 16.7. The molecule has 0 aliphatic rings. The molecule has 0 saturated carbocycles. The number of carboxylic acids is 1. The molecule has 0 spiro atoms. The second-order valence-corrected chi connectivity index (χ2v) is 6.98. The van der Waals surface area contributed by atoms with Gasteiger partial charge < -0.3 is 9.94 Å². The van der Waals surface area contributed by atoms with Crippen molar-refractivity contribution >= 4 is 11.7 Å². The van der Waals surface area contributed by atoms with Gasteiger partial charge in [0.1, 0.15) is 0 Å². The molecule has 0 radical (unpaired) electrons. The van der Waals surface area contributed by atoms with Crippen LogP contribution in [-0.4, -0.2) is 16.8 Å². The zero-order valence-electron chi connectivity index (χ0n) is 16.8. The molecule has 0 unspecified atom stereocenters. The first-order valence-electron chi connectivity index (χ1n) is 9.93. The van der Waals surface area contributed by atoms with Crippen molar-refractivity contribution in [2.24, 2.45) is 5.16 Å². The maximum atomic E-state index is 12.0. The van der Waals surface area contributed by atoms with Crippen LogP contribution in [0.3, 0.4) is 0 Å². The highest BCUT2D eigenvalue weighted by molar-refractivity contribution is 6.42. The van der Waals surface area contributed by atoms with Crippen molar-refractivity contribution in [3.63, 3.8) is 0 Å². The molecule has 4 rings (SSSR count). The lowest BCUT2D eigenvalue weighted by molar-refractivity contribution is -0.129. The molecule has 4 heteroatoms. The number of aliphatic carboxylic acids is 1. The van der Waals surface area contributed by atoms with E-state index in [0.29, 0.717) is 5.56 Å². The summed E-state index contributed by atoms with van der Waals surface area (Å²) in [5.41, 5.74) is 1.71. The van der Waals surface area contributed by atoms with E-state index in [2.05, 4.69) is 5.16 Å². The standard InChI is InChI=1S/C27H21NO3/c29-26(30)25(21-13-5-1-6-14-21)28-31-27(22-15-7-2-8-16-22,23-17-9-3-10-18-23)24-19-11-4-12-20-24/h1-20H,(H,29,30)/b28-25-. The third-order valence-electron chi connectivity index (χ3n) is 5.06. The van der Waals surface area contributed by atoms with Crippen LogP contribution in [0.5, 0.6) is 0 Å². The Bertz CT molecular complexity index is 1060. The summed E-state index contributed by atoms with van der Waals surface area (Å²) < 4.78 is 0. The fourth-order valence-electron chi connectivity index (χ4n) is 3.60. The van der Waals surface area contributed by atoms with E-state index in [0.717, 1.165) is 16.7 Å². The number of hydrogen-bond donors (Lipinski definition) is 1. The molecular formula is C27H21NO3. The van der Waals surface area contributed by atoms with Crippen molar-refractivity contribution in [1.29, 1.82) is 0 Å². The number of nitrogens with zero attached hydrogens (tertiary/aromatic N) is 1. The molecule has 0 fully saturated rings. The van der Waals surface area contributed by atoms with Crippen LogP contribution in [0, 0.1) is 0 Å². The minimum atomic E-state index is -1.16. The van der Waals surface area contributed by atoms with Gasteiger partial charge in [0, 0.05) is 22.3 Å². The van der Waals surface area contributed by atoms with E-state index in [1.165, 1.54) is 0 Å². The van der Waals surface area contributed by atoms with Crippen LogP contribution in [0.15, 0.2) is 126 Å². The summed E-state index contributed by atoms with van der Waals surface area (Å²) >= 11 is 0. The van der Waals surface area contributed by atoms with Gasteiger partial charge in [-0.3, -0.25) is 0 Å². The van der Waals surface area contributed by atoms with Crippen molar-refractivity contribution in [1.82, 2.24) is 0 Å². The molecule has 152 valence electrons. The lowest BCUT2D eigenvalue weighted by Crippen LogP contribution is -2.32. The first kappa shape index (κ1) is 20.1. The number of rotatable bonds is 7. The maximum Gasteiger partial charge on any atom is 0.358 e. The Balaban J connectivity index is 1.95. The van der Waals surface area contributed by atoms with Gasteiger partial charge in [-0.05, 0) is 0 Å². The normalized spacial score (nSPS) is 11.7. The molecule has 4 aromatic carbocycles. The van der Waals surface area contributed by atoms with Crippen molar-refractivity contribution < 1.29 is 14.7 Å². The third kappa shape index (κ3) is 4.09. The molecule has 0 heterocycles. The topological polar surface area (TPSA) is 58.9 Å². The maximum absolute atomic E-state index is 12.0. The first-order chi connectivity index (χ1) is 15.2. The van der Waals surface area contributed by atoms with Crippen LogP contribution in [0.4, 0.5) is 0 Å². The molecule has 0 bridgehead atoms. The van der Waals surface area contributed by atoms with Gasteiger partial charge >= 0.3 is 5.97 Å². The summed E-state index contributed by atoms with van der Waals surface area (Å²) in [6, 6.07) is 37.9. The number of oxime groups is 1. The van der Waals surface area contributed by atoms with Crippen LogP contribution in [-0.2, 0) is 15.2 Å². The minimum absolute atomic E-state index is 0.159. The van der Waals surface area contributed by atoms with Gasteiger partial charge in [0.05, 0.1) is 0 Å². The Labute approximate surface area is 181 Å². The molecule has 0 atom stereocenters. The zero-order chi connectivity index (χ0) is 21.5. The second-order valence-electron chi connectivity index (χ2n) is 6.98. The Morgan fingerprint density at radius 3 is 1.32 bits per heavy atom. The fourth-order valence-corrected chi connectivity index (χ4v) is 3.60. The number of benzene rings is 4. The van der Waals surface area contributed by atoms with Crippen molar-refractivity contribution in [2.75, 3.05) is 0 Å². The summed E-state index contributed by atoms with van der Waals surface area (Å²) in [5, 5.41) is 14.0. The number of hydrogen-bond acceptors (Lipinski definition) is 3. The van der Waals surface area contributed by atoms with Gasteiger partial charge in [0.2, 0.25) is 5.60 Å². The molecule has 4 nitrogen and oxygen atoms in total. The average molecular weight is 407 g/mol. The van der Waals surface area contributed by atoms with E-state index in [1.807, 2.05) is 97.1 Å².